The lowest BCUT2D eigenvalue weighted by Crippen LogP contribution is -2.23. The van der Waals surface area contributed by atoms with Gasteiger partial charge in [0.15, 0.2) is 5.82 Å². The monoisotopic (exact) mass is 362 g/mol. The molecule has 0 aliphatic heterocycles. The first kappa shape index (κ1) is 18.8. The highest BCUT2D eigenvalue weighted by atomic mass is 15.3. The van der Waals surface area contributed by atoms with Crippen molar-refractivity contribution in [3.8, 4) is 0 Å². The number of anilines is 3. The van der Waals surface area contributed by atoms with Crippen molar-refractivity contribution in [2.75, 3.05) is 23.8 Å². The van der Waals surface area contributed by atoms with Crippen LogP contribution in [-0.4, -0.2) is 33.8 Å². The summed E-state index contributed by atoms with van der Waals surface area (Å²) in [6.45, 7) is 5.13. The molecule has 27 heavy (non-hydrogen) atoms. The van der Waals surface area contributed by atoms with Gasteiger partial charge in [-0.15, -0.1) is 5.10 Å². The van der Waals surface area contributed by atoms with Crippen LogP contribution in [0.5, 0.6) is 0 Å². The number of nitrogens with zero attached hydrogens (tertiary/aromatic N) is 5. The third-order valence-corrected chi connectivity index (χ3v) is 4.63. The smallest absolute Gasteiger partial charge is 0.247 e. The average molecular weight is 362 g/mol. The summed E-state index contributed by atoms with van der Waals surface area (Å²) in [6.07, 6.45) is 8.13. The molecule has 0 saturated carbocycles. The molecule has 0 aliphatic carbocycles. The van der Waals surface area contributed by atoms with Crippen LogP contribution < -0.4 is 10.2 Å². The molecular weight excluding hydrogens is 336 g/mol. The maximum Gasteiger partial charge on any atom is 0.247 e. The second-order valence-electron chi connectivity index (χ2n) is 6.45. The molecule has 1 N–H and O–H groups in total. The molecule has 6 nitrogen and oxygen atoms in total. The van der Waals surface area contributed by atoms with E-state index in [2.05, 4.69) is 57.5 Å². The van der Waals surface area contributed by atoms with Gasteiger partial charge in [0.05, 0.1) is 6.20 Å². The van der Waals surface area contributed by atoms with Crippen LogP contribution in [0.25, 0.3) is 0 Å². The van der Waals surface area contributed by atoms with Crippen LogP contribution in [-0.2, 0) is 19.3 Å². The van der Waals surface area contributed by atoms with Crippen LogP contribution in [0.3, 0.4) is 0 Å². The van der Waals surface area contributed by atoms with Crippen molar-refractivity contribution in [3.05, 3.63) is 65.6 Å². The zero-order valence-corrected chi connectivity index (χ0v) is 16.2. The molecule has 0 aliphatic rings. The molecule has 2 aromatic heterocycles. The van der Waals surface area contributed by atoms with Crippen LogP contribution in [0.2, 0.25) is 0 Å². The van der Waals surface area contributed by atoms with Gasteiger partial charge in [0.1, 0.15) is 0 Å². The minimum Gasteiger partial charge on any atom is -0.342 e. The van der Waals surface area contributed by atoms with Gasteiger partial charge in [0.25, 0.3) is 0 Å². The van der Waals surface area contributed by atoms with Crippen molar-refractivity contribution in [2.24, 2.45) is 0 Å². The van der Waals surface area contributed by atoms with Crippen LogP contribution in [0.1, 0.15) is 30.5 Å². The normalized spacial score (nSPS) is 10.6. The van der Waals surface area contributed by atoms with Gasteiger partial charge in [-0.3, -0.25) is 4.98 Å². The lowest BCUT2D eigenvalue weighted by atomic mass is 10.0. The van der Waals surface area contributed by atoms with Crippen molar-refractivity contribution >= 4 is 17.5 Å². The molecular formula is C21H26N6. The molecule has 0 bridgehead atoms. The summed E-state index contributed by atoms with van der Waals surface area (Å²) in [7, 11) is 1.99. The number of aromatic nitrogens is 4. The molecule has 6 heteroatoms. The number of hydrogen-bond donors (Lipinski definition) is 1. The third kappa shape index (κ3) is 4.78. The van der Waals surface area contributed by atoms with Crippen LogP contribution in [0, 0.1) is 0 Å². The molecule has 1 aromatic carbocycles. The summed E-state index contributed by atoms with van der Waals surface area (Å²) in [5.41, 5.74) is 4.93. The molecule has 0 unspecified atom stereocenters. The summed E-state index contributed by atoms with van der Waals surface area (Å²) in [6, 6.07) is 10.5. The van der Waals surface area contributed by atoms with E-state index in [1.807, 2.05) is 36.5 Å². The summed E-state index contributed by atoms with van der Waals surface area (Å²) < 4.78 is 0. The van der Waals surface area contributed by atoms with E-state index in [1.165, 1.54) is 16.7 Å². The predicted octanol–water partition coefficient (Wildman–Crippen LogP) is 3.81. The highest BCUT2D eigenvalue weighted by Gasteiger charge is 2.10. The minimum atomic E-state index is 0.612. The zero-order chi connectivity index (χ0) is 19.1. The first-order valence-electron chi connectivity index (χ1n) is 9.38. The van der Waals surface area contributed by atoms with E-state index in [9.17, 15) is 0 Å². The van der Waals surface area contributed by atoms with Crippen molar-refractivity contribution in [1.82, 2.24) is 20.2 Å². The molecule has 0 radical (unpaired) electrons. The Balaban J connectivity index is 1.74. The van der Waals surface area contributed by atoms with Gasteiger partial charge in [0.2, 0.25) is 5.95 Å². The number of rotatable bonds is 8. The fourth-order valence-corrected chi connectivity index (χ4v) is 2.99. The summed E-state index contributed by atoms with van der Waals surface area (Å²) >= 11 is 0. The van der Waals surface area contributed by atoms with E-state index in [1.54, 1.807) is 6.20 Å². The second-order valence-corrected chi connectivity index (χ2v) is 6.45. The Morgan fingerprint density at radius 3 is 2.37 bits per heavy atom. The molecule has 0 fully saturated rings. The quantitative estimate of drug-likeness (QED) is 0.657. The van der Waals surface area contributed by atoms with Crippen molar-refractivity contribution in [2.45, 2.75) is 33.1 Å². The highest BCUT2D eigenvalue weighted by molar-refractivity contribution is 5.65. The number of para-hydroxylation sites is 1. The van der Waals surface area contributed by atoms with Gasteiger partial charge in [-0.25, -0.2) is 0 Å². The van der Waals surface area contributed by atoms with E-state index in [4.69, 9.17) is 0 Å². The standard InChI is InChI=1S/C21H26N6/c1-4-17-7-6-8-18(5-2)20(17)24-19-15-23-26-21(25-19)27(3)14-11-16-9-12-22-13-10-16/h6-10,12-13,15H,4-5,11,14H2,1-3H3,(H,24,25,26). The molecule has 3 aromatic rings. The Hall–Kier alpha value is -3.02. The molecule has 140 valence electrons. The van der Waals surface area contributed by atoms with Crippen LogP contribution in [0.15, 0.2) is 48.9 Å². The van der Waals surface area contributed by atoms with E-state index >= 15 is 0 Å². The molecule has 0 amide bonds. The highest BCUT2D eigenvalue weighted by Crippen LogP contribution is 2.25. The lowest BCUT2D eigenvalue weighted by molar-refractivity contribution is 0.812. The van der Waals surface area contributed by atoms with Crippen LogP contribution in [0.4, 0.5) is 17.5 Å². The van der Waals surface area contributed by atoms with Crippen molar-refractivity contribution in [3.63, 3.8) is 0 Å². The van der Waals surface area contributed by atoms with Gasteiger partial charge in [-0.2, -0.15) is 10.1 Å². The summed E-state index contributed by atoms with van der Waals surface area (Å²) in [5.74, 6) is 1.33. The molecule has 0 spiro atoms. The maximum absolute atomic E-state index is 4.66. The molecule has 0 atom stereocenters. The minimum absolute atomic E-state index is 0.612. The summed E-state index contributed by atoms with van der Waals surface area (Å²) in [5, 5.41) is 11.8. The van der Waals surface area contributed by atoms with E-state index in [0.717, 1.165) is 31.5 Å². The Morgan fingerprint density at radius 2 is 1.70 bits per heavy atom. The lowest BCUT2D eigenvalue weighted by Gasteiger charge is -2.18. The SMILES string of the molecule is CCc1cccc(CC)c1Nc1cnnc(N(C)CCc2ccncc2)n1. The van der Waals surface area contributed by atoms with E-state index in [0.29, 0.717) is 11.8 Å². The number of aryl methyl sites for hydroxylation is 2. The van der Waals surface area contributed by atoms with E-state index < -0.39 is 0 Å². The Kier molecular flexibility index (Phi) is 6.30. The van der Waals surface area contributed by atoms with Gasteiger partial charge in [-0.05, 0) is 48.1 Å². The predicted molar refractivity (Wildman–Crippen MR) is 110 cm³/mol. The largest absolute Gasteiger partial charge is 0.342 e. The maximum atomic E-state index is 4.66. The van der Waals surface area contributed by atoms with Gasteiger partial charge < -0.3 is 10.2 Å². The molecule has 3 rings (SSSR count). The van der Waals surface area contributed by atoms with Gasteiger partial charge in [-0.1, -0.05) is 32.0 Å². The fourth-order valence-electron chi connectivity index (χ4n) is 2.99. The average Bonchev–Trinajstić information content (AvgIpc) is 2.73. The Labute approximate surface area is 160 Å². The zero-order valence-electron chi connectivity index (χ0n) is 16.2. The number of likely N-dealkylation sites (N-methyl/N-ethyl adjacent to an activating group) is 1. The van der Waals surface area contributed by atoms with Gasteiger partial charge >= 0.3 is 0 Å². The first-order chi connectivity index (χ1) is 13.2. The first-order valence-corrected chi connectivity index (χ1v) is 9.38. The Morgan fingerprint density at radius 1 is 1.00 bits per heavy atom. The van der Waals surface area contributed by atoms with Crippen molar-refractivity contribution in [1.29, 1.82) is 0 Å². The Bertz CT molecular complexity index is 843. The number of nitrogens with one attached hydrogen (secondary N) is 1. The van der Waals surface area contributed by atoms with Crippen molar-refractivity contribution < 1.29 is 0 Å². The topological polar surface area (TPSA) is 66.8 Å². The van der Waals surface area contributed by atoms with Crippen LogP contribution >= 0.6 is 0 Å². The fraction of sp³-hybridized carbons (Fsp3) is 0.333. The number of pyridine rings is 1. The summed E-state index contributed by atoms with van der Waals surface area (Å²) in [4.78, 5) is 10.7. The van der Waals surface area contributed by atoms with Gasteiger partial charge in [0, 0.05) is 31.7 Å². The van der Waals surface area contributed by atoms with E-state index in [-0.39, 0.29) is 0 Å². The number of hydrogen-bond acceptors (Lipinski definition) is 6. The molecule has 0 saturated heterocycles. The third-order valence-electron chi connectivity index (χ3n) is 4.63. The molecule has 2 heterocycles. The second kappa shape index (κ2) is 9.07. The number of benzene rings is 1.